The number of carbonyl (C=O) groups excluding carboxylic acids is 2. The zero-order chi connectivity index (χ0) is 20.0. The van der Waals surface area contributed by atoms with Gasteiger partial charge in [-0.25, -0.2) is 0 Å². The fourth-order valence-electron chi connectivity index (χ4n) is 1.67. The number of allylic oxidation sites excluding steroid dienone is 2. The van der Waals surface area contributed by atoms with Crippen molar-refractivity contribution in [2.45, 2.75) is 27.7 Å². The van der Waals surface area contributed by atoms with Crippen molar-refractivity contribution in [2.24, 2.45) is 10.8 Å². The summed E-state index contributed by atoms with van der Waals surface area (Å²) < 4.78 is 39.9. The third-order valence-corrected chi connectivity index (χ3v) is 5.14. The molecule has 3 N–H and O–H groups in total. The molecule has 10 heteroatoms. The first-order valence-corrected chi connectivity index (χ1v) is 10.1. The third-order valence-electron chi connectivity index (χ3n) is 2.85. The lowest BCUT2D eigenvalue weighted by molar-refractivity contribution is -0.121. The summed E-state index contributed by atoms with van der Waals surface area (Å²) in [4.78, 5) is 39.3. The van der Waals surface area contributed by atoms with Crippen LogP contribution in [0, 0.1) is 10.8 Å². The van der Waals surface area contributed by atoms with Gasteiger partial charge in [-0.3, -0.25) is 18.7 Å². The van der Waals surface area contributed by atoms with E-state index in [2.05, 4.69) is 13.2 Å². The van der Waals surface area contributed by atoms with Crippen LogP contribution in [0.1, 0.15) is 27.7 Å². The van der Waals surface area contributed by atoms with E-state index >= 15 is 0 Å². The molecule has 8 nitrogen and oxygen atoms in total. The maximum absolute atomic E-state index is 11.0. The second-order valence-corrected chi connectivity index (χ2v) is 9.55. The molecule has 0 aliphatic heterocycles. The van der Waals surface area contributed by atoms with E-state index in [1.54, 1.807) is 0 Å². The molecule has 0 saturated heterocycles. The number of hydrogen-bond acceptors (Lipinski definition) is 5. The van der Waals surface area contributed by atoms with Crippen LogP contribution in [-0.2, 0) is 24.3 Å². The molecule has 140 valence electrons. The molecule has 0 amide bonds. The van der Waals surface area contributed by atoms with E-state index in [0.717, 1.165) is 12.2 Å². The lowest BCUT2D eigenvalue weighted by atomic mass is 9.91. The van der Waals surface area contributed by atoms with Gasteiger partial charge in [-0.1, -0.05) is 40.9 Å². The Morgan fingerprint density at radius 1 is 1.00 bits per heavy atom. The van der Waals surface area contributed by atoms with E-state index < -0.39 is 46.2 Å². The zero-order valence-corrected chi connectivity index (χ0v) is 15.9. The van der Waals surface area contributed by atoms with E-state index in [0.29, 0.717) is 0 Å². The molecule has 0 heterocycles. The highest BCUT2D eigenvalue weighted by Gasteiger charge is 2.33. The predicted molar refractivity (Wildman–Crippen MR) is 91.3 cm³/mol. The minimum Gasteiger partial charge on any atom is -0.324 e. The van der Waals surface area contributed by atoms with Gasteiger partial charge < -0.3 is 9.79 Å². The van der Waals surface area contributed by atoms with Crippen LogP contribution in [0.5, 0.6) is 0 Å². The molecule has 0 unspecified atom stereocenters. The van der Waals surface area contributed by atoms with Gasteiger partial charge in [0.15, 0.2) is 11.6 Å². The molecule has 0 aliphatic rings. The molecule has 0 aromatic carbocycles. The van der Waals surface area contributed by atoms with Crippen molar-refractivity contribution in [3.63, 3.8) is 0 Å². The summed E-state index contributed by atoms with van der Waals surface area (Å²) in [5.74, 6) is -1.34. The Morgan fingerprint density at radius 2 is 1.33 bits per heavy atom. The first-order valence-electron chi connectivity index (χ1n) is 6.71. The minimum atomic E-state index is -4.12. The Labute approximate surface area is 142 Å². The second-order valence-electron chi connectivity index (χ2n) is 6.45. The van der Waals surface area contributed by atoms with E-state index in [1.165, 1.54) is 27.7 Å². The largest absolute Gasteiger partial charge is 0.326 e. The van der Waals surface area contributed by atoms with Gasteiger partial charge in [0.1, 0.15) is 0 Å². The van der Waals surface area contributed by atoms with Crippen LogP contribution >= 0.6 is 7.60 Å². The Kier molecular flexibility index (Phi) is 9.24. The summed E-state index contributed by atoms with van der Waals surface area (Å²) in [7, 11) is -8.23. The molecular weight excluding hydrogens is 359 g/mol. The van der Waals surface area contributed by atoms with Crippen LogP contribution in [-0.4, -0.2) is 46.2 Å². The number of carbonyl (C=O) groups is 2. The van der Waals surface area contributed by atoms with Crippen LogP contribution in [0.2, 0.25) is 0 Å². The molecule has 0 saturated carbocycles. The van der Waals surface area contributed by atoms with Crippen LogP contribution in [0.4, 0.5) is 0 Å². The molecule has 0 aromatic heterocycles. The zero-order valence-electron chi connectivity index (χ0n) is 14.2. The maximum atomic E-state index is 11.0. The fourth-order valence-corrected chi connectivity index (χ4v) is 3.91. The van der Waals surface area contributed by atoms with Gasteiger partial charge in [-0.05, 0) is 12.2 Å². The van der Waals surface area contributed by atoms with Gasteiger partial charge >= 0.3 is 7.60 Å². The second kappa shape index (κ2) is 8.82. The molecular formula is C14H25O8PS. The van der Waals surface area contributed by atoms with Gasteiger partial charge in [-0.2, -0.15) is 8.42 Å². The molecule has 0 aliphatic carbocycles. The van der Waals surface area contributed by atoms with Crippen LogP contribution in [0.25, 0.3) is 0 Å². The van der Waals surface area contributed by atoms with Crippen LogP contribution < -0.4 is 0 Å². The summed E-state index contributed by atoms with van der Waals surface area (Å²) in [6.45, 7) is 12.3. The van der Waals surface area contributed by atoms with Gasteiger partial charge in [0.2, 0.25) is 0 Å². The van der Waals surface area contributed by atoms with Gasteiger partial charge in [0.05, 0.1) is 11.9 Å². The average Bonchev–Trinajstić information content (AvgIpc) is 2.31. The van der Waals surface area contributed by atoms with Gasteiger partial charge in [0.25, 0.3) is 10.1 Å². The summed E-state index contributed by atoms with van der Waals surface area (Å²) in [5.41, 5.74) is -2.13. The van der Waals surface area contributed by atoms with E-state index in [9.17, 15) is 22.6 Å². The lowest BCUT2D eigenvalue weighted by Gasteiger charge is -2.21. The summed E-state index contributed by atoms with van der Waals surface area (Å²) in [6, 6.07) is 0. The first-order chi connectivity index (χ1) is 10.4. The van der Waals surface area contributed by atoms with Crippen molar-refractivity contribution in [3.05, 3.63) is 25.3 Å². The average molecular weight is 384 g/mol. The minimum absolute atomic E-state index is 0.356. The Balaban J connectivity index is 0. The highest BCUT2D eigenvalue weighted by atomic mass is 32.2. The number of rotatable bonds is 8. The molecule has 0 atom stereocenters. The van der Waals surface area contributed by atoms with Gasteiger partial charge in [0, 0.05) is 10.8 Å². The van der Waals surface area contributed by atoms with Crippen molar-refractivity contribution in [2.75, 3.05) is 11.9 Å². The molecule has 24 heavy (non-hydrogen) atoms. The van der Waals surface area contributed by atoms with Crippen molar-refractivity contribution >= 4 is 29.3 Å². The maximum Gasteiger partial charge on any atom is 0.326 e. The Hall–Kier alpha value is -1.12. The third kappa shape index (κ3) is 11.4. The van der Waals surface area contributed by atoms with E-state index in [4.69, 9.17) is 14.3 Å². The summed E-state index contributed by atoms with van der Waals surface area (Å²) in [6.07, 6.45) is 1.69. The monoisotopic (exact) mass is 384 g/mol. The van der Waals surface area contributed by atoms with E-state index in [1.807, 2.05) is 0 Å². The lowest BCUT2D eigenvalue weighted by Crippen LogP contribution is -2.30. The SMILES string of the molecule is C=CC(=O)C(C)(C)CP(=O)(O)O.C=CC(=O)C(C)(C)CS(=O)(=O)O. The first kappa shape index (κ1) is 25.1. The molecule has 0 radical (unpaired) electrons. The van der Waals surface area contributed by atoms with Crippen molar-refractivity contribution in [1.29, 1.82) is 0 Å². The fraction of sp³-hybridized carbons (Fsp3) is 0.571. The summed E-state index contributed by atoms with van der Waals surface area (Å²) in [5, 5.41) is 0. The topological polar surface area (TPSA) is 146 Å². The van der Waals surface area contributed by atoms with Crippen LogP contribution in [0.3, 0.4) is 0 Å². The van der Waals surface area contributed by atoms with Crippen molar-refractivity contribution < 1.29 is 36.9 Å². The van der Waals surface area contributed by atoms with Crippen molar-refractivity contribution in [1.82, 2.24) is 0 Å². The molecule has 0 bridgehead atoms. The number of ketones is 2. The molecule has 0 fully saturated rings. The molecule has 0 aromatic rings. The molecule has 0 spiro atoms. The normalized spacial score (nSPS) is 12.6. The highest BCUT2D eigenvalue weighted by molar-refractivity contribution is 7.85. The van der Waals surface area contributed by atoms with E-state index in [-0.39, 0.29) is 5.78 Å². The predicted octanol–water partition coefficient (Wildman–Crippen LogP) is 1.60. The smallest absolute Gasteiger partial charge is 0.324 e. The quantitative estimate of drug-likeness (QED) is 0.325. The molecule has 0 rings (SSSR count). The Bertz CT molecular complexity index is 640. The number of hydrogen-bond donors (Lipinski definition) is 3. The van der Waals surface area contributed by atoms with Gasteiger partial charge in [-0.15, -0.1) is 0 Å². The standard InChI is InChI=1S/C7H13O4P.C7H12O4S/c2*1-4-6(8)7(2,3)5-12(9,10)11/h4H,1,5H2,2-3H3,(H2,9,10,11);4H,1,5H2,2-3H3,(H,9,10,11). The van der Waals surface area contributed by atoms with Crippen molar-refractivity contribution in [3.8, 4) is 0 Å². The summed E-state index contributed by atoms with van der Waals surface area (Å²) >= 11 is 0. The highest BCUT2D eigenvalue weighted by Crippen LogP contribution is 2.41. The van der Waals surface area contributed by atoms with Crippen LogP contribution in [0.15, 0.2) is 25.3 Å². The Morgan fingerprint density at radius 3 is 1.58 bits per heavy atom.